The summed E-state index contributed by atoms with van der Waals surface area (Å²) in [6, 6.07) is 0. The van der Waals surface area contributed by atoms with Gasteiger partial charge in [0.2, 0.25) is 0 Å². The van der Waals surface area contributed by atoms with Crippen molar-refractivity contribution in [2.45, 2.75) is 0 Å². The molecule has 0 amide bonds. The highest BCUT2D eigenvalue weighted by Gasteiger charge is 2.13. The van der Waals surface area contributed by atoms with E-state index in [9.17, 15) is 4.79 Å². The van der Waals surface area contributed by atoms with E-state index in [1.54, 1.807) is 24.5 Å². The van der Waals surface area contributed by atoms with Gasteiger partial charge in [0.1, 0.15) is 5.82 Å². The quantitative estimate of drug-likeness (QED) is 0.640. The van der Waals surface area contributed by atoms with Gasteiger partial charge >= 0.3 is 5.97 Å². The first kappa shape index (κ1) is 16.6. The Balaban J connectivity index is 2.22. The van der Waals surface area contributed by atoms with Crippen LogP contribution >= 0.6 is 0 Å². The summed E-state index contributed by atoms with van der Waals surface area (Å²) in [5.41, 5.74) is 1.93. The third kappa shape index (κ3) is 4.89. The van der Waals surface area contributed by atoms with Crippen molar-refractivity contribution in [3.63, 3.8) is 0 Å². The molecule has 1 aliphatic rings. The molecule has 6 heteroatoms. The Labute approximate surface area is 135 Å². The predicted octanol–water partition coefficient (Wildman–Crippen LogP) is 2.08. The molecule has 1 N–H and O–H groups in total. The number of hydrogen-bond donors (Lipinski definition) is 1. The standard InChI is InChI=1S/C17H19N3O3/c1-3-14(10-13(2)4-5-17(21)22)15-11-18-12-16(19-15)20-6-8-23-9-7-20/h3-5,10-12H,1-2,6-9H2,(H,21,22)/b5-4+,14-10+. The molecule has 0 spiro atoms. The number of hydrogen-bond acceptors (Lipinski definition) is 5. The number of nitrogens with zero attached hydrogens (tertiary/aromatic N) is 3. The van der Waals surface area contributed by atoms with Gasteiger partial charge < -0.3 is 14.7 Å². The summed E-state index contributed by atoms with van der Waals surface area (Å²) in [5.74, 6) is -0.237. The third-order valence-electron chi connectivity index (χ3n) is 3.25. The summed E-state index contributed by atoms with van der Waals surface area (Å²) in [6.07, 6.45) is 9.19. The van der Waals surface area contributed by atoms with Gasteiger partial charge in [0.15, 0.2) is 0 Å². The van der Waals surface area contributed by atoms with Crippen molar-refractivity contribution in [3.05, 3.63) is 61.1 Å². The van der Waals surface area contributed by atoms with E-state index in [1.165, 1.54) is 6.08 Å². The average molecular weight is 313 g/mol. The van der Waals surface area contributed by atoms with Gasteiger partial charge in [-0.3, -0.25) is 4.98 Å². The van der Waals surface area contributed by atoms with Crippen molar-refractivity contribution < 1.29 is 14.6 Å². The Morgan fingerprint density at radius 1 is 1.30 bits per heavy atom. The fourth-order valence-corrected chi connectivity index (χ4v) is 2.10. The number of anilines is 1. The maximum absolute atomic E-state index is 10.5. The normalized spacial score (nSPS) is 15.7. The Morgan fingerprint density at radius 2 is 2.04 bits per heavy atom. The summed E-state index contributed by atoms with van der Waals surface area (Å²) in [4.78, 5) is 21.5. The monoisotopic (exact) mass is 313 g/mol. The second-order valence-corrected chi connectivity index (χ2v) is 4.91. The number of aromatic nitrogens is 2. The molecule has 0 aliphatic carbocycles. The number of carboxylic acid groups (broad SMARTS) is 1. The maximum Gasteiger partial charge on any atom is 0.328 e. The second kappa shape index (κ2) is 8.05. The lowest BCUT2D eigenvalue weighted by Crippen LogP contribution is -2.36. The highest BCUT2D eigenvalue weighted by molar-refractivity contribution is 5.81. The average Bonchev–Trinajstić information content (AvgIpc) is 2.58. The molecule has 0 aromatic carbocycles. The topological polar surface area (TPSA) is 75.5 Å². The van der Waals surface area contributed by atoms with Crippen LogP contribution in [0.5, 0.6) is 0 Å². The van der Waals surface area contributed by atoms with Crippen LogP contribution in [-0.4, -0.2) is 47.3 Å². The number of rotatable bonds is 6. The van der Waals surface area contributed by atoms with Crippen LogP contribution in [0.25, 0.3) is 5.57 Å². The molecule has 120 valence electrons. The molecule has 1 aliphatic heterocycles. The lowest BCUT2D eigenvalue weighted by molar-refractivity contribution is -0.131. The van der Waals surface area contributed by atoms with E-state index in [2.05, 4.69) is 28.0 Å². The smallest absolute Gasteiger partial charge is 0.328 e. The molecule has 1 saturated heterocycles. The first-order chi connectivity index (χ1) is 11.1. The van der Waals surface area contributed by atoms with Crippen LogP contribution in [-0.2, 0) is 9.53 Å². The van der Waals surface area contributed by atoms with E-state index >= 15 is 0 Å². The number of carbonyl (C=O) groups is 1. The van der Waals surface area contributed by atoms with Crippen LogP contribution in [0.3, 0.4) is 0 Å². The minimum Gasteiger partial charge on any atom is -0.478 e. The highest BCUT2D eigenvalue weighted by Crippen LogP contribution is 2.19. The molecule has 0 atom stereocenters. The predicted molar refractivity (Wildman–Crippen MR) is 89.2 cm³/mol. The molecule has 0 bridgehead atoms. The first-order valence-electron chi connectivity index (χ1n) is 7.19. The fraction of sp³-hybridized carbons (Fsp3) is 0.235. The number of ether oxygens (including phenoxy) is 1. The lowest BCUT2D eigenvalue weighted by Gasteiger charge is -2.27. The SMILES string of the molecule is C=C/C(=C\C(=C)/C=C/C(=O)O)c1cncc(N2CCOCC2)n1. The number of morpholine rings is 1. The van der Waals surface area contributed by atoms with Gasteiger partial charge in [-0.2, -0.15) is 0 Å². The van der Waals surface area contributed by atoms with Crippen molar-refractivity contribution >= 4 is 17.4 Å². The van der Waals surface area contributed by atoms with Crippen LogP contribution in [0.4, 0.5) is 5.82 Å². The molecule has 2 rings (SSSR count). The molecule has 0 saturated carbocycles. The van der Waals surface area contributed by atoms with E-state index in [-0.39, 0.29) is 0 Å². The van der Waals surface area contributed by atoms with Crippen LogP contribution in [0.1, 0.15) is 5.69 Å². The van der Waals surface area contributed by atoms with Gasteiger partial charge in [-0.05, 0) is 17.7 Å². The van der Waals surface area contributed by atoms with E-state index in [4.69, 9.17) is 9.84 Å². The molecule has 0 radical (unpaired) electrons. The van der Waals surface area contributed by atoms with Crippen molar-refractivity contribution in [2.24, 2.45) is 0 Å². The molecule has 6 nitrogen and oxygen atoms in total. The zero-order valence-corrected chi connectivity index (χ0v) is 12.8. The lowest BCUT2D eigenvalue weighted by atomic mass is 10.1. The minimum absolute atomic E-state index is 0.542. The first-order valence-corrected chi connectivity index (χ1v) is 7.19. The number of carboxylic acids is 1. The van der Waals surface area contributed by atoms with Crippen molar-refractivity contribution in [1.82, 2.24) is 9.97 Å². The van der Waals surface area contributed by atoms with Gasteiger partial charge in [-0.1, -0.05) is 19.2 Å². The van der Waals surface area contributed by atoms with Gasteiger partial charge in [-0.25, -0.2) is 9.78 Å². The van der Waals surface area contributed by atoms with E-state index in [0.717, 1.165) is 30.6 Å². The molecule has 1 aromatic heterocycles. The molecule has 1 aromatic rings. The number of allylic oxidation sites excluding steroid dienone is 5. The molecule has 1 fully saturated rings. The van der Waals surface area contributed by atoms with Crippen LogP contribution in [0.15, 0.2) is 55.4 Å². The third-order valence-corrected chi connectivity index (χ3v) is 3.25. The Bertz CT molecular complexity index is 659. The fourth-order valence-electron chi connectivity index (χ4n) is 2.10. The van der Waals surface area contributed by atoms with Gasteiger partial charge in [0.25, 0.3) is 0 Å². The Kier molecular flexibility index (Phi) is 5.82. The van der Waals surface area contributed by atoms with E-state index in [0.29, 0.717) is 24.5 Å². The van der Waals surface area contributed by atoms with E-state index < -0.39 is 5.97 Å². The summed E-state index contributed by atoms with van der Waals surface area (Å²) in [6.45, 7) is 10.5. The minimum atomic E-state index is -1.02. The zero-order chi connectivity index (χ0) is 16.7. The summed E-state index contributed by atoms with van der Waals surface area (Å²) in [5, 5.41) is 8.64. The Morgan fingerprint density at radius 3 is 2.70 bits per heavy atom. The Hall–Kier alpha value is -2.73. The van der Waals surface area contributed by atoms with Crippen molar-refractivity contribution in [1.29, 1.82) is 0 Å². The highest BCUT2D eigenvalue weighted by atomic mass is 16.5. The molecular formula is C17H19N3O3. The molecule has 2 heterocycles. The van der Waals surface area contributed by atoms with Gasteiger partial charge in [0.05, 0.1) is 31.3 Å². The summed E-state index contributed by atoms with van der Waals surface area (Å²) >= 11 is 0. The summed E-state index contributed by atoms with van der Waals surface area (Å²) in [7, 11) is 0. The van der Waals surface area contributed by atoms with Gasteiger partial charge in [0, 0.05) is 24.7 Å². The maximum atomic E-state index is 10.5. The molecular weight excluding hydrogens is 294 g/mol. The van der Waals surface area contributed by atoms with Crippen LogP contribution < -0.4 is 4.90 Å². The van der Waals surface area contributed by atoms with Gasteiger partial charge in [-0.15, -0.1) is 0 Å². The molecule has 0 unspecified atom stereocenters. The van der Waals surface area contributed by atoms with Crippen molar-refractivity contribution in [3.8, 4) is 0 Å². The summed E-state index contributed by atoms with van der Waals surface area (Å²) < 4.78 is 5.33. The zero-order valence-electron chi connectivity index (χ0n) is 12.8. The van der Waals surface area contributed by atoms with Crippen LogP contribution in [0.2, 0.25) is 0 Å². The van der Waals surface area contributed by atoms with Crippen LogP contribution in [0, 0.1) is 0 Å². The largest absolute Gasteiger partial charge is 0.478 e. The van der Waals surface area contributed by atoms with Crippen molar-refractivity contribution in [2.75, 3.05) is 31.2 Å². The van der Waals surface area contributed by atoms with E-state index in [1.807, 2.05) is 0 Å². The molecule has 23 heavy (non-hydrogen) atoms. The number of aliphatic carboxylic acids is 1. The second-order valence-electron chi connectivity index (χ2n) is 4.91.